The Labute approximate surface area is 134 Å². The molecule has 0 aliphatic carbocycles. The first-order chi connectivity index (χ1) is 11.1. The predicted molar refractivity (Wildman–Crippen MR) is 83.3 cm³/mol. The van der Waals surface area contributed by atoms with Crippen molar-refractivity contribution < 1.29 is 18.6 Å². The zero-order chi connectivity index (χ0) is 16.4. The smallest absolute Gasteiger partial charge is 0.131 e. The monoisotopic (exact) mass is 319 g/mol. The van der Waals surface area contributed by atoms with Crippen LogP contribution in [0.15, 0.2) is 36.4 Å². The molecule has 0 fully saturated rings. The van der Waals surface area contributed by atoms with Crippen molar-refractivity contribution in [2.24, 2.45) is 0 Å². The first-order valence-electron chi connectivity index (χ1n) is 7.58. The van der Waals surface area contributed by atoms with Gasteiger partial charge in [-0.3, -0.25) is 4.90 Å². The number of β-amino-alcohol motifs (C(OH)–C–C–N with tert-alkyl or cyclic N) is 1. The van der Waals surface area contributed by atoms with Crippen LogP contribution in [0.4, 0.5) is 8.78 Å². The Morgan fingerprint density at radius 1 is 1.17 bits per heavy atom. The van der Waals surface area contributed by atoms with Gasteiger partial charge in [-0.25, -0.2) is 8.78 Å². The Balaban J connectivity index is 1.74. The van der Waals surface area contributed by atoms with Crippen LogP contribution in [0.1, 0.15) is 22.8 Å². The second kappa shape index (κ2) is 6.64. The third-order valence-electron chi connectivity index (χ3n) is 4.27. The number of benzene rings is 2. The topological polar surface area (TPSA) is 32.7 Å². The summed E-state index contributed by atoms with van der Waals surface area (Å²) in [6.07, 6.45) is -0.352. The molecule has 0 aromatic heterocycles. The second-order valence-electron chi connectivity index (χ2n) is 5.77. The lowest BCUT2D eigenvalue weighted by molar-refractivity contribution is 0.0998. The summed E-state index contributed by atoms with van der Waals surface area (Å²) in [7, 11) is 1.62. The van der Waals surface area contributed by atoms with Gasteiger partial charge in [-0.15, -0.1) is 0 Å². The van der Waals surface area contributed by atoms with Crippen molar-refractivity contribution >= 4 is 0 Å². The summed E-state index contributed by atoms with van der Waals surface area (Å²) in [5, 5.41) is 10.2. The number of aliphatic hydroxyl groups excluding tert-OH is 1. The first-order valence-corrected chi connectivity index (χ1v) is 7.58. The maximum absolute atomic E-state index is 13.8. The number of hydrogen-bond acceptors (Lipinski definition) is 3. The molecule has 1 unspecified atom stereocenters. The van der Waals surface area contributed by atoms with Crippen LogP contribution in [0.5, 0.6) is 5.75 Å². The van der Waals surface area contributed by atoms with Crippen LogP contribution in [0.2, 0.25) is 0 Å². The van der Waals surface area contributed by atoms with Crippen molar-refractivity contribution in [3.05, 3.63) is 64.7 Å². The highest BCUT2D eigenvalue weighted by atomic mass is 19.1. The van der Waals surface area contributed by atoms with Gasteiger partial charge in [0.15, 0.2) is 0 Å². The summed E-state index contributed by atoms with van der Waals surface area (Å²) >= 11 is 0. The molecule has 2 aromatic carbocycles. The molecule has 1 N–H and O–H groups in total. The Kier molecular flexibility index (Phi) is 4.59. The van der Waals surface area contributed by atoms with E-state index in [0.29, 0.717) is 6.54 Å². The van der Waals surface area contributed by atoms with Crippen LogP contribution in [-0.2, 0) is 13.0 Å². The molecule has 0 bridgehead atoms. The van der Waals surface area contributed by atoms with E-state index < -0.39 is 17.7 Å². The number of rotatable bonds is 4. The molecule has 2 aromatic rings. The minimum Gasteiger partial charge on any atom is -0.497 e. The molecule has 0 amide bonds. The SMILES string of the molecule is COc1ccc2c(c1)CN(CC(O)c1c(F)cccc1F)CC2. The van der Waals surface area contributed by atoms with Gasteiger partial charge in [0.1, 0.15) is 17.4 Å². The number of methoxy groups -OCH3 is 1. The fourth-order valence-corrected chi connectivity index (χ4v) is 3.04. The average Bonchev–Trinajstić information content (AvgIpc) is 2.54. The van der Waals surface area contributed by atoms with Crippen molar-refractivity contribution in [2.75, 3.05) is 20.2 Å². The summed E-state index contributed by atoms with van der Waals surface area (Å²) in [5.74, 6) is -0.639. The maximum atomic E-state index is 13.8. The van der Waals surface area contributed by atoms with E-state index in [2.05, 4.69) is 0 Å². The van der Waals surface area contributed by atoms with Crippen molar-refractivity contribution in [1.82, 2.24) is 4.90 Å². The summed E-state index contributed by atoms with van der Waals surface area (Å²) < 4.78 is 32.7. The predicted octanol–water partition coefficient (Wildman–Crippen LogP) is 3.07. The number of hydrogen-bond donors (Lipinski definition) is 1. The van der Waals surface area contributed by atoms with Crippen molar-refractivity contribution in [2.45, 2.75) is 19.1 Å². The number of halogens is 2. The fraction of sp³-hybridized carbons (Fsp3) is 0.333. The van der Waals surface area contributed by atoms with Crippen LogP contribution < -0.4 is 4.74 Å². The molecule has 1 aliphatic rings. The standard InChI is InChI=1S/C18H19F2NO2/c1-23-14-6-5-12-7-8-21(10-13(12)9-14)11-17(22)18-15(19)3-2-4-16(18)20/h2-6,9,17,22H,7-8,10-11H2,1H3. The highest BCUT2D eigenvalue weighted by Crippen LogP contribution is 2.27. The molecule has 0 radical (unpaired) electrons. The summed E-state index contributed by atoms with van der Waals surface area (Å²) in [6, 6.07) is 9.56. The van der Waals surface area contributed by atoms with Gasteiger partial charge in [-0.05, 0) is 41.8 Å². The molecule has 3 rings (SSSR count). The third kappa shape index (κ3) is 3.35. The number of aliphatic hydroxyl groups is 1. The highest BCUT2D eigenvalue weighted by molar-refractivity contribution is 5.37. The first kappa shape index (κ1) is 15.9. The summed E-state index contributed by atoms with van der Waals surface area (Å²) in [6.45, 7) is 1.56. The molecule has 3 nitrogen and oxygen atoms in total. The van der Waals surface area contributed by atoms with Gasteiger partial charge >= 0.3 is 0 Å². The number of fused-ring (bicyclic) bond motifs is 1. The largest absolute Gasteiger partial charge is 0.497 e. The molecule has 0 spiro atoms. The van der Waals surface area contributed by atoms with Crippen LogP contribution in [0, 0.1) is 11.6 Å². The summed E-state index contributed by atoms with van der Waals surface area (Å²) in [4.78, 5) is 2.00. The number of nitrogens with zero attached hydrogens (tertiary/aromatic N) is 1. The minimum atomic E-state index is -1.19. The molecule has 0 saturated heterocycles. The molecule has 5 heteroatoms. The van der Waals surface area contributed by atoms with Crippen LogP contribution in [-0.4, -0.2) is 30.2 Å². The van der Waals surface area contributed by atoms with Gasteiger partial charge in [0, 0.05) is 19.6 Å². The average molecular weight is 319 g/mol. The minimum absolute atomic E-state index is 0.189. The van der Waals surface area contributed by atoms with Crippen LogP contribution in [0.3, 0.4) is 0 Å². The lowest BCUT2D eigenvalue weighted by Gasteiger charge is -2.30. The van der Waals surface area contributed by atoms with E-state index in [0.717, 1.165) is 36.4 Å². The van der Waals surface area contributed by atoms with E-state index in [4.69, 9.17) is 4.74 Å². The Bertz CT molecular complexity index is 685. The van der Waals surface area contributed by atoms with E-state index in [-0.39, 0.29) is 12.1 Å². The van der Waals surface area contributed by atoms with Gasteiger partial charge in [-0.2, -0.15) is 0 Å². The molecule has 23 heavy (non-hydrogen) atoms. The molecule has 0 saturated carbocycles. The maximum Gasteiger partial charge on any atom is 0.131 e. The Hall–Kier alpha value is -1.98. The molecule has 1 aliphatic heterocycles. The zero-order valence-corrected chi connectivity index (χ0v) is 12.9. The van der Waals surface area contributed by atoms with Crippen molar-refractivity contribution in [3.8, 4) is 5.75 Å². The lowest BCUT2D eigenvalue weighted by atomic mass is 9.98. The van der Waals surface area contributed by atoms with Gasteiger partial charge in [0.2, 0.25) is 0 Å². The van der Waals surface area contributed by atoms with Crippen LogP contribution >= 0.6 is 0 Å². The van der Waals surface area contributed by atoms with Gasteiger partial charge in [-0.1, -0.05) is 12.1 Å². The molecular formula is C18H19F2NO2. The second-order valence-corrected chi connectivity index (χ2v) is 5.77. The van der Waals surface area contributed by atoms with E-state index in [1.807, 2.05) is 23.1 Å². The van der Waals surface area contributed by atoms with E-state index in [1.54, 1.807) is 7.11 Å². The zero-order valence-electron chi connectivity index (χ0n) is 12.9. The van der Waals surface area contributed by atoms with Gasteiger partial charge in [0.25, 0.3) is 0 Å². The highest BCUT2D eigenvalue weighted by Gasteiger charge is 2.23. The fourth-order valence-electron chi connectivity index (χ4n) is 3.04. The Morgan fingerprint density at radius 3 is 2.61 bits per heavy atom. The van der Waals surface area contributed by atoms with Crippen LogP contribution in [0.25, 0.3) is 0 Å². The summed E-state index contributed by atoms with van der Waals surface area (Å²) in [5.41, 5.74) is 2.11. The van der Waals surface area contributed by atoms with E-state index >= 15 is 0 Å². The Morgan fingerprint density at radius 2 is 1.91 bits per heavy atom. The molecule has 122 valence electrons. The lowest BCUT2D eigenvalue weighted by Crippen LogP contribution is -2.34. The molecule has 1 atom stereocenters. The van der Waals surface area contributed by atoms with Crippen molar-refractivity contribution in [3.63, 3.8) is 0 Å². The normalized spacial score (nSPS) is 16.0. The molecule has 1 heterocycles. The van der Waals surface area contributed by atoms with E-state index in [9.17, 15) is 13.9 Å². The third-order valence-corrected chi connectivity index (χ3v) is 4.27. The quantitative estimate of drug-likeness (QED) is 0.940. The number of ether oxygens (including phenoxy) is 1. The molecular weight excluding hydrogens is 300 g/mol. The van der Waals surface area contributed by atoms with Crippen molar-refractivity contribution in [1.29, 1.82) is 0 Å². The van der Waals surface area contributed by atoms with E-state index in [1.165, 1.54) is 11.6 Å². The van der Waals surface area contributed by atoms with Gasteiger partial charge in [0.05, 0.1) is 18.8 Å². The van der Waals surface area contributed by atoms with Gasteiger partial charge < -0.3 is 9.84 Å².